The van der Waals surface area contributed by atoms with Crippen molar-refractivity contribution in [3.63, 3.8) is 0 Å². The minimum Gasteiger partial charge on any atom is -0.293 e. The first-order chi connectivity index (χ1) is 12.1. The Hall–Kier alpha value is -3.55. The molecule has 0 saturated carbocycles. The number of aromatic nitrogens is 6. The molecule has 8 nitrogen and oxygen atoms in total. The van der Waals surface area contributed by atoms with Crippen LogP contribution < -0.4 is 5.56 Å². The zero-order chi connectivity index (χ0) is 17.4. The van der Waals surface area contributed by atoms with E-state index in [1.165, 1.54) is 4.68 Å². The molecule has 0 spiro atoms. The van der Waals surface area contributed by atoms with Crippen LogP contribution in [0.3, 0.4) is 0 Å². The maximum atomic E-state index is 12.7. The lowest BCUT2D eigenvalue weighted by atomic mass is 10.3. The molecule has 0 amide bonds. The van der Waals surface area contributed by atoms with E-state index in [2.05, 4.69) is 25.4 Å². The van der Waals surface area contributed by atoms with Crippen LogP contribution in [0.5, 0.6) is 0 Å². The fraction of sp³-hybridized carbons (Fsp3) is 0.118. The summed E-state index contributed by atoms with van der Waals surface area (Å²) in [6.07, 6.45) is 1.57. The standard InChI is InChI=1S/C17H15N7O/c1-11-14(10-18-13-6-4-3-5-7-13)17(25)24(21-11)16-9-8-15-20-19-12(2)23(15)22-16/h3-10,21H,1-2H3. The van der Waals surface area contributed by atoms with Gasteiger partial charge in [0.25, 0.3) is 5.56 Å². The summed E-state index contributed by atoms with van der Waals surface area (Å²) in [6, 6.07) is 13.0. The summed E-state index contributed by atoms with van der Waals surface area (Å²) < 4.78 is 2.98. The van der Waals surface area contributed by atoms with Crippen LogP contribution in [0.15, 0.2) is 52.3 Å². The number of H-pyrrole nitrogens is 1. The first-order valence-electron chi connectivity index (χ1n) is 7.73. The summed E-state index contributed by atoms with van der Waals surface area (Å²) in [4.78, 5) is 17.1. The number of aryl methyl sites for hydroxylation is 2. The number of nitrogens with zero attached hydrogens (tertiary/aromatic N) is 6. The summed E-state index contributed by atoms with van der Waals surface area (Å²) in [6.45, 7) is 3.63. The van der Waals surface area contributed by atoms with Crippen LogP contribution in [0.4, 0.5) is 5.69 Å². The van der Waals surface area contributed by atoms with E-state index in [4.69, 9.17) is 0 Å². The van der Waals surface area contributed by atoms with Gasteiger partial charge in [-0.15, -0.1) is 15.3 Å². The number of benzene rings is 1. The largest absolute Gasteiger partial charge is 0.293 e. The number of hydrogen-bond acceptors (Lipinski definition) is 5. The zero-order valence-corrected chi connectivity index (χ0v) is 13.7. The van der Waals surface area contributed by atoms with Crippen molar-refractivity contribution in [2.45, 2.75) is 13.8 Å². The summed E-state index contributed by atoms with van der Waals surface area (Å²) in [7, 11) is 0. The number of para-hydroxylation sites is 1. The van der Waals surface area contributed by atoms with Gasteiger partial charge in [-0.1, -0.05) is 18.2 Å². The van der Waals surface area contributed by atoms with Crippen LogP contribution >= 0.6 is 0 Å². The highest BCUT2D eigenvalue weighted by molar-refractivity contribution is 5.82. The van der Waals surface area contributed by atoms with Crippen molar-refractivity contribution < 1.29 is 0 Å². The van der Waals surface area contributed by atoms with Crippen LogP contribution in [0.25, 0.3) is 11.5 Å². The molecule has 0 aliphatic rings. The van der Waals surface area contributed by atoms with Crippen molar-refractivity contribution in [3.05, 3.63) is 69.9 Å². The Morgan fingerprint density at radius 1 is 1.08 bits per heavy atom. The Balaban J connectivity index is 1.77. The van der Waals surface area contributed by atoms with Crippen molar-refractivity contribution in [1.29, 1.82) is 0 Å². The number of nitrogens with one attached hydrogen (secondary N) is 1. The zero-order valence-electron chi connectivity index (χ0n) is 13.7. The highest BCUT2D eigenvalue weighted by atomic mass is 16.1. The second-order valence-corrected chi connectivity index (χ2v) is 5.59. The fourth-order valence-electron chi connectivity index (χ4n) is 2.53. The van der Waals surface area contributed by atoms with E-state index in [1.807, 2.05) is 37.3 Å². The molecule has 0 aliphatic carbocycles. The Kier molecular flexibility index (Phi) is 3.50. The minimum atomic E-state index is -0.213. The van der Waals surface area contributed by atoms with Gasteiger partial charge in [-0.2, -0.15) is 9.20 Å². The Morgan fingerprint density at radius 2 is 1.88 bits per heavy atom. The molecular formula is C17H15N7O. The molecule has 8 heteroatoms. The number of aliphatic imine (C=N–C) groups is 1. The van der Waals surface area contributed by atoms with Gasteiger partial charge in [-0.05, 0) is 38.1 Å². The van der Waals surface area contributed by atoms with Gasteiger partial charge in [0.1, 0.15) is 0 Å². The van der Waals surface area contributed by atoms with Crippen LogP contribution in [-0.4, -0.2) is 35.8 Å². The molecule has 0 unspecified atom stereocenters. The third-order valence-corrected chi connectivity index (χ3v) is 3.85. The molecule has 25 heavy (non-hydrogen) atoms. The lowest BCUT2D eigenvalue weighted by molar-refractivity contribution is 0.755. The second-order valence-electron chi connectivity index (χ2n) is 5.59. The van der Waals surface area contributed by atoms with Crippen molar-refractivity contribution in [2.75, 3.05) is 0 Å². The van der Waals surface area contributed by atoms with E-state index in [0.29, 0.717) is 28.5 Å². The third kappa shape index (κ3) is 2.63. The first-order valence-corrected chi connectivity index (χ1v) is 7.73. The van der Waals surface area contributed by atoms with Gasteiger partial charge in [0.05, 0.1) is 11.3 Å². The van der Waals surface area contributed by atoms with Gasteiger partial charge in [0.15, 0.2) is 17.3 Å². The highest BCUT2D eigenvalue weighted by Gasteiger charge is 2.13. The van der Waals surface area contributed by atoms with Crippen molar-refractivity contribution in [2.24, 2.45) is 4.99 Å². The van der Waals surface area contributed by atoms with E-state index in [-0.39, 0.29) is 5.56 Å². The average molecular weight is 333 g/mol. The summed E-state index contributed by atoms with van der Waals surface area (Å²) in [5.74, 6) is 1.11. The fourth-order valence-corrected chi connectivity index (χ4v) is 2.53. The predicted octanol–water partition coefficient (Wildman–Crippen LogP) is 1.97. The molecule has 3 heterocycles. The number of fused-ring (bicyclic) bond motifs is 1. The molecule has 4 rings (SSSR count). The van der Waals surface area contributed by atoms with Gasteiger partial charge in [0, 0.05) is 11.9 Å². The molecule has 0 radical (unpaired) electrons. The van der Waals surface area contributed by atoms with E-state index in [9.17, 15) is 4.79 Å². The first kappa shape index (κ1) is 15.0. The van der Waals surface area contributed by atoms with Gasteiger partial charge in [-0.3, -0.25) is 14.9 Å². The molecule has 4 aromatic rings. The summed E-state index contributed by atoms with van der Waals surface area (Å²) in [5.41, 5.74) is 2.41. The molecule has 0 saturated heterocycles. The van der Waals surface area contributed by atoms with E-state index >= 15 is 0 Å². The minimum absolute atomic E-state index is 0.213. The predicted molar refractivity (Wildman–Crippen MR) is 93.9 cm³/mol. The smallest absolute Gasteiger partial charge is 0.281 e. The van der Waals surface area contributed by atoms with Gasteiger partial charge in [-0.25, -0.2) is 0 Å². The maximum absolute atomic E-state index is 12.7. The van der Waals surface area contributed by atoms with Crippen LogP contribution in [0.2, 0.25) is 0 Å². The number of rotatable bonds is 3. The third-order valence-electron chi connectivity index (χ3n) is 3.85. The molecule has 124 valence electrons. The Labute approximate surface area is 142 Å². The molecule has 0 aliphatic heterocycles. The quantitative estimate of drug-likeness (QED) is 0.580. The van der Waals surface area contributed by atoms with E-state index in [1.54, 1.807) is 29.8 Å². The van der Waals surface area contributed by atoms with Crippen molar-refractivity contribution >= 4 is 17.5 Å². The summed E-state index contributed by atoms with van der Waals surface area (Å²) in [5, 5.41) is 15.4. The molecular weight excluding hydrogens is 318 g/mol. The molecule has 3 aromatic heterocycles. The molecule has 0 bridgehead atoms. The molecule has 1 aromatic carbocycles. The Morgan fingerprint density at radius 3 is 2.68 bits per heavy atom. The lowest BCUT2D eigenvalue weighted by Gasteiger charge is -2.01. The monoisotopic (exact) mass is 333 g/mol. The number of hydrogen-bond donors (Lipinski definition) is 1. The maximum Gasteiger partial charge on any atom is 0.281 e. The van der Waals surface area contributed by atoms with Crippen molar-refractivity contribution in [1.82, 2.24) is 29.6 Å². The topological polar surface area (TPSA) is 93.2 Å². The SMILES string of the molecule is Cc1[nH]n(-c2ccc3nnc(C)n3n2)c(=O)c1C=Nc1ccccc1. The average Bonchev–Trinajstić information content (AvgIpc) is 3.14. The Bertz CT molecular complexity index is 1130. The van der Waals surface area contributed by atoms with Crippen LogP contribution in [0.1, 0.15) is 17.1 Å². The molecule has 1 N–H and O–H groups in total. The van der Waals surface area contributed by atoms with E-state index < -0.39 is 0 Å². The van der Waals surface area contributed by atoms with E-state index in [0.717, 1.165) is 5.69 Å². The van der Waals surface area contributed by atoms with Crippen molar-refractivity contribution in [3.8, 4) is 5.82 Å². The number of aromatic amines is 1. The van der Waals surface area contributed by atoms with Crippen LogP contribution in [0, 0.1) is 13.8 Å². The molecule has 0 atom stereocenters. The molecule has 0 fully saturated rings. The van der Waals surface area contributed by atoms with Gasteiger partial charge < -0.3 is 0 Å². The van der Waals surface area contributed by atoms with Gasteiger partial charge in [0.2, 0.25) is 0 Å². The summed E-state index contributed by atoms with van der Waals surface area (Å²) >= 11 is 0. The normalized spacial score (nSPS) is 11.6. The second kappa shape index (κ2) is 5.82. The van der Waals surface area contributed by atoms with Gasteiger partial charge >= 0.3 is 0 Å². The lowest BCUT2D eigenvalue weighted by Crippen LogP contribution is -2.19. The highest BCUT2D eigenvalue weighted by Crippen LogP contribution is 2.11. The van der Waals surface area contributed by atoms with Crippen LogP contribution in [-0.2, 0) is 0 Å².